The van der Waals surface area contributed by atoms with Gasteiger partial charge in [-0.05, 0) is 13.8 Å². The Morgan fingerprint density at radius 3 is 2.20 bits per heavy atom. The summed E-state index contributed by atoms with van der Waals surface area (Å²) in [5.74, 6) is 0.345. The summed E-state index contributed by atoms with van der Waals surface area (Å²) in [5.41, 5.74) is -0.223. The van der Waals surface area contributed by atoms with Gasteiger partial charge in [-0.3, -0.25) is 4.90 Å². The van der Waals surface area contributed by atoms with Gasteiger partial charge in [0.1, 0.15) is 0 Å². The molecule has 0 unspecified atom stereocenters. The highest BCUT2D eigenvalue weighted by molar-refractivity contribution is 5.66. The van der Waals surface area contributed by atoms with E-state index < -0.39 is 12.5 Å². The third kappa shape index (κ3) is 2.78. The average Bonchev–Trinajstić information content (AvgIpc) is 2.37. The largest absolute Gasteiger partial charge is 0.465 e. The molecule has 1 aliphatic rings. The first kappa shape index (κ1) is 14.4. The Kier molecular flexibility index (Phi) is 4.01. The molecule has 1 aromatic rings. The maximum atomic E-state index is 12.4. The number of hydrogen-bond acceptors (Lipinski definition) is 4. The minimum atomic E-state index is -2.59. The zero-order valence-corrected chi connectivity index (χ0v) is 11.2. The van der Waals surface area contributed by atoms with E-state index in [1.807, 2.05) is 4.90 Å². The van der Waals surface area contributed by atoms with Crippen LogP contribution in [0.5, 0.6) is 0 Å². The standard InChI is InChI=1S/C12H16F2N4O2/c1-7-5-17(6-8(2)18(7)12(19)20)11-15-3-9(4-16-11)10(13)14/h3-4,7-8,10H,5-6H2,1-2H3,(H,19,20)/t7-,8+. The predicted molar refractivity (Wildman–Crippen MR) is 68.0 cm³/mol. The molecule has 2 rings (SSSR count). The molecule has 2 heterocycles. The van der Waals surface area contributed by atoms with Crippen molar-refractivity contribution in [2.75, 3.05) is 18.0 Å². The molecule has 1 fully saturated rings. The van der Waals surface area contributed by atoms with Crippen LogP contribution in [-0.2, 0) is 0 Å². The van der Waals surface area contributed by atoms with Crippen molar-refractivity contribution in [1.29, 1.82) is 0 Å². The number of alkyl halides is 2. The van der Waals surface area contributed by atoms with E-state index in [2.05, 4.69) is 9.97 Å². The van der Waals surface area contributed by atoms with E-state index in [1.165, 1.54) is 4.90 Å². The summed E-state index contributed by atoms with van der Waals surface area (Å²) in [4.78, 5) is 22.2. The summed E-state index contributed by atoms with van der Waals surface area (Å²) < 4.78 is 24.9. The summed E-state index contributed by atoms with van der Waals surface area (Å²) in [6, 6.07) is -0.427. The van der Waals surface area contributed by atoms with Crippen LogP contribution in [0.1, 0.15) is 25.8 Å². The van der Waals surface area contributed by atoms with Gasteiger partial charge in [-0.15, -0.1) is 0 Å². The minimum absolute atomic E-state index is 0.213. The lowest BCUT2D eigenvalue weighted by Gasteiger charge is -2.42. The Morgan fingerprint density at radius 2 is 1.80 bits per heavy atom. The number of anilines is 1. The zero-order valence-electron chi connectivity index (χ0n) is 11.2. The van der Waals surface area contributed by atoms with Gasteiger partial charge >= 0.3 is 6.09 Å². The van der Waals surface area contributed by atoms with Gasteiger partial charge in [0.05, 0.1) is 17.6 Å². The second-order valence-corrected chi connectivity index (χ2v) is 4.91. The molecule has 1 aliphatic heterocycles. The van der Waals surface area contributed by atoms with Gasteiger partial charge in [0.15, 0.2) is 0 Å². The highest BCUT2D eigenvalue weighted by atomic mass is 19.3. The molecule has 20 heavy (non-hydrogen) atoms. The number of hydrogen-bond donors (Lipinski definition) is 1. The fourth-order valence-corrected chi connectivity index (χ4v) is 2.47. The minimum Gasteiger partial charge on any atom is -0.465 e. The maximum Gasteiger partial charge on any atom is 0.407 e. The molecule has 0 aromatic carbocycles. The van der Waals surface area contributed by atoms with Crippen molar-refractivity contribution in [3.05, 3.63) is 18.0 Å². The van der Waals surface area contributed by atoms with Crippen LogP contribution in [0.15, 0.2) is 12.4 Å². The first-order valence-electron chi connectivity index (χ1n) is 6.26. The van der Waals surface area contributed by atoms with Gasteiger partial charge in [-0.2, -0.15) is 0 Å². The first-order valence-corrected chi connectivity index (χ1v) is 6.26. The molecule has 0 saturated carbocycles. The van der Waals surface area contributed by atoms with Crippen molar-refractivity contribution in [1.82, 2.24) is 14.9 Å². The molecule has 8 heteroatoms. The number of carbonyl (C=O) groups is 1. The number of aromatic nitrogens is 2. The third-order valence-electron chi connectivity index (χ3n) is 3.33. The number of halogens is 2. The van der Waals surface area contributed by atoms with E-state index in [0.29, 0.717) is 19.0 Å². The number of rotatable bonds is 2. The Balaban J connectivity index is 2.13. The normalized spacial score (nSPS) is 23.2. The molecule has 0 aliphatic carbocycles. The Hall–Kier alpha value is -1.99. The van der Waals surface area contributed by atoms with E-state index in [1.54, 1.807) is 13.8 Å². The Morgan fingerprint density at radius 1 is 1.30 bits per heavy atom. The smallest absolute Gasteiger partial charge is 0.407 e. The van der Waals surface area contributed by atoms with Crippen LogP contribution in [0.3, 0.4) is 0 Å². The number of amides is 1. The van der Waals surface area contributed by atoms with Crippen LogP contribution in [-0.4, -0.2) is 51.2 Å². The van der Waals surface area contributed by atoms with Crippen LogP contribution < -0.4 is 4.90 Å². The molecule has 1 saturated heterocycles. The van der Waals surface area contributed by atoms with E-state index in [0.717, 1.165) is 12.4 Å². The lowest BCUT2D eigenvalue weighted by atomic mass is 10.1. The first-order chi connectivity index (χ1) is 9.40. The summed E-state index contributed by atoms with van der Waals surface area (Å²) in [6.07, 6.45) is -1.35. The number of nitrogens with zero attached hydrogens (tertiary/aromatic N) is 4. The van der Waals surface area contributed by atoms with Crippen molar-refractivity contribution < 1.29 is 18.7 Å². The second-order valence-electron chi connectivity index (χ2n) is 4.91. The predicted octanol–water partition coefficient (Wildman–Crippen LogP) is 1.99. The van der Waals surface area contributed by atoms with Crippen molar-refractivity contribution in [2.24, 2.45) is 0 Å². The Bertz CT molecular complexity index is 471. The van der Waals surface area contributed by atoms with Crippen LogP contribution in [0.25, 0.3) is 0 Å². The van der Waals surface area contributed by atoms with Gasteiger partial charge in [0, 0.05) is 25.5 Å². The van der Waals surface area contributed by atoms with Crippen molar-refractivity contribution in [2.45, 2.75) is 32.4 Å². The van der Waals surface area contributed by atoms with Crippen LogP contribution in [0.2, 0.25) is 0 Å². The molecule has 2 atom stereocenters. The molecule has 1 amide bonds. The fraction of sp³-hybridized carbons (Fsp3) is 0.583. The molecule has 0 bridgehead atoms. The van der Waals surface area contributed by atoms with E-state index in [9.17, 15) is 13.6 Å². The monoisotopic (exact) mass is 286 g/mol. The van der Waals surface area contributed by atoms with E-state index in [-0.39, 0.29) is 17.6 Å². The molecule has 6 nitrogen and oxygen atoms in total. The molecular formula is C12H16F2N4O2. The van der Waals surface area contributed by atoms with Gasteiger partial charge in [-0.25, -0.2) is 23.5 Å². The van der Waals surface area contributed by atoms with Crippen molar-refractivity contribution >= 4 is 12.0 Å². The average molecular weight is 286 g/mol. The summed E-state index contributed by atoms with van der Waals surface area (Å²) in [6.45, 7) is 4.46. The number of piperazine rings is 1. The lowest BCUT2D eigenvalue weighted by molar-refractivity contribution is 0.0978. The highest BCUT2D eigenvalue weighted by Gasteiger charge is 2.33. The van der Waals surface area contributed by atoms with Crippen LogP contribution in [0.4, 0.5) is 19.5 Å². The summed E-state index contributed by atoms with van der Waals surface area (Å²) in [5, 5.41) is 9.13. The molecule has 1 N–H and O–H groups in total. The highest BCUT2D eigenvalue weighted by Crippen LogP contribution is 2.21. The molecule has 0 spiro atoms. The summed E-state index contributed by atoms with van der Waals surface area (Å²) in [7, 11) is 0. The Labute approximate surface area is 115 Å². The quantitative estimate of drug-likeness (QED) is 0.900. The van der Waals surface area contributed by atoms with Gasteiger partial charge < -0.3 is 10.0 Å². The second kappa shape index (κ2) is 5.56. The van der Waals surface area contributed by atoms with E-state index >= 15 is 0 Å². The van der Waals surface area contributed by atoms with Crippen molar-refractivity contribution in [3.63, 3.8) is 0 Å². The van der Waals surface area contributed by atoms with Gasteiger partial charge in [-0.1, -0.05) is 0 Å². The van der Waals surface area contributed by atoms with Crippen molar-refractivity contribution in [3.8, 4) is 0 Å². The SMILES string of the molecule is C[C@@H]1CN(c2ncc(C(F)F)cn2)C[C@H](C)N1C(=O)O. The number of carboxylic acid groups (broad SMARTS) is 1. The topological polar surface area (TPSA) is 69.6 Å². The zero-order chi connectivity index (χ0) is 14.9. The molecular weight excluding hydrogens is 270 g/mol. The summed E-state index contributed by atoms with van der Waals surface area (Å²) >= 11 is 0. The van der Waals surface area contributed by atoms with Crippen LogP contribution >= 0.6 is 0 Å². The van der Waals surface area contributed by atoms with Gasteiger partial charge in [0.25, 0.3) is 6.43 Å². The molecule has 1 aromatic heterocycles. The fourth-order valence-electron chi connectivity index (χ4n) is 2.47. The third-order valence-corrected chi connectivity index (χ3v) is 3.33. The lowest BCUT2D eigenvalue weighted by Crippen LogP contribution is -2.58. The van der Waals surface area contributed by atoms with Gasteiger partial charge in [0.2, 0.25) is 5.95 Å². The van der Waals surface area contributed by atoms with Crippen LogP contribution in [0, 0.1) is 0 Å². The maximum absolute atomic E-state index is 12.4. The van der Waals surface area contributed by atoms with E-state index in [4.69, 9.17) is 5.11 Å². The molecule has 110 valence electrons. The molecule has 0 radical (unpaired) electrons.